The zero-order chi connectivity index (χ0) is 13.3. The van der Waals surface area contributed by atoms with Crippen molar-refractivity contribution in [2.24, 2.45) is 5.73 Å². The van der Waals surface area contributed by atoms with Crippen LogP contribution in [0.4, 0.5) is 13.2 Å². The summed E-state index contributed by atoms with van der Waals surface area (Å²) in [6.45, 7) is 4.75. The zero-order valence-corrected chi connectivity index (χ0v) is 10.6. The Kier molecular flexibility index (Phi) is 8.55. The van der Waals surface area contributed by atoms with E-state index in [1.165, 1.54) is 0 Å². The summed E-state index contributed by atoms with van der Waals surface area (Å²) in [7, 11) is 0. The Bertz CT molecular complexity index is 184. The summed E-state index contributed by atoms with van der Waals surface area (Å²) in [5.41, 5.74) is 5.49. The number of ether oxygens (including phenoxy) is 1. The maximum atomic E-state index is 11.9. The molecule has 0 atom stereocenters. The van der Waals surface area contributed by atoms with Crippen molar-refractivity contribution in [1.82, 2.24) is 4.90 Å². The van der Waals surface area contributed by atoms with Crippen LogP contribution in [-0.2, 0) is 4.74 Å². The molecule has 6 heteroatoms. The maximum absolute atomic E-state index is 11.9. The van der Waals surface area contributed by atoms with Crippen LogP contribution < -0.4 is 5.73 Å². The predicted octanol–water partition coefficient (Wildman–Crippen LogP) is 2.01. The lowest BCUT2D eigenvalue weighted by Gasteiger charge is -2.29. The van der Waals surface area contributed by atoms with Crippen LogP contribution in [0, 0.1) is 0 Å². The molecule has 0 rings (SSSR count). The lowest BCUT2D eigenvalue weighted by atomic mass is 10.1. The minimum atomic E-state index is -4.24. The lowest BCUT2D eigenvalue weighted by Crippen LogP contribution is -2.40. The van der Waals surface area contributed by atoms with Crippen molar-refractivity contribution in [1.29, 1.82) is 0 Å². The summed E-state index contributed by atoms with van der Waals surface area (Å²) in [6, 6.07) is 0.369. The van der Waals surface area contributed by atoms with Crippen LogP contribution in [0.2, 0.25) is 0 Å². The average Bonchev–Trinajstić information content (AvgIpc) is 2.24. The van der Waals surface area contributed by atoms with Crippen molar-refractivity contribution in [3.8, 4) is 0 Å². The second-order valence-corrected chi connectivity index (χ2v) is 3.96. The highest BCUT2D eigenvalue weighted by Crippen LogP contribution is 2.14. The van der Waals surface area contributed by atoms with Crippen molar-refractivity contribution in [3.05, 3.63) is 0 Å². The third-order valence-corrected chi connectivity index (χ3v) is 2.66. The molecule has 0 saturated carbocycles. The topological polar surface area (TPSA) is 38.5 Å². The highest BCUT2D eigenvalue weighted by atomic mass is 19.4. The average molecular weight is 256 g/mol. The van der Waals surface area contributed by atoms with Gasteiger partial charge in [-0.25, -0.2) is 0 Å². The molecule has 0 aliphatic heterocycles. The van der Waals surface area contributed by atoms with E-state index in [1.807, 2.05) is 0 Å². The molecule has 0 amide bonds. The third kappa shape index (κ3) is 8.40. The number of nitrogens with zero attached hydrogens (tertiary/aromatic N) is 1. The SMILES string of the molecule is CCC(CC)N(CCN)CCOCC(F)(F)F. The first-order chi connectivity index (χ1) is 7.94. The molecule has 3 nitrogen and oxygen atoms in total. The molecule has 0 aromatic heterocycles. The highest BCUT2D eigenvalue weighted by molar-refractivity contribution is 4.69. The summed E-state index contributed by atoms with van der Waals surface area (Å²) in [6.07, 6.45) is -2.31. The molecule has 0 fully saturated rings. The molecule has 104 valence electrons. The van der Waals surface area contributed by atoms with Gasteiger partial charge in [0.2, 0.25) is 0 Å². The standard InChI is InChI=1S/C11H23F3N2O/c1-3-10(4-2)16(6-5-15)7-8-17-9-11(12,13)14/h10H,3-9,15H2,1-2H3. The summed E-state index contributed by atoms with van der Waals surface area (Å²) in [5.74, 6) is 0. The molecule has 17 heavy (non-hydrogen) atoms. The Hall–Kier alpha value is -0.330. The van der Waals surface area contributed by atoms with Crippen LogP contribution in [0.5, 0.6) is 0 Å². The van der Waals surface area contributed by atoms with Crippen molar-refractivity contribution >= 4 is 0 Å². The minimum absolute atomic E-state index is 0.0933. The van der Waals surface area contributed by atoms with Crippen LogP contribution >= 0.6 is 0 Å². The quantitative estimate of drug-likeness (QED) is 0.641. The van der Waals surface area contributed by atoms with E-state index in [1.54, 1.807) is 0 Å². The normalized spacial score (nSPS) is 12.7. The van der Waals surface area contributed by atoms with E-state index in [-0.39, 0.29) is 6.61 Å². The van der Waals surface area contributed by atoms with Crippen molar-refractivity contribution in [2.45, 2.75) is 38.9 Å². The van der Waals surface area contributed by atoms with Gasteiger partial charge in [-0.15, -0.1) is 0 Å². The Morgan fingerprint density at radius 3 is 2.18 bits per heavy atom. The van der Waals surface area contributed by atoms with Crippen LogP contribution in [0.3, 0.4) is 0 Å². The van der Waals surface area contributed by atoms with Crippen molar-refractivity contribution in [3.63, 3.8) is 0 Å². The third-order valence-electron chi connectivity index (χ3n) is 2.66. The van der Waals surface area contributed by atoms with Gasteiger partial charge in [-0.1, -0.05) is 13.8 Å². The van der Waals surface area contributed by atoms with Gasteiger partial charge in [-0.05, 0) is 12.8 Å². The van der Waals surface area contributed by atoms with E-state index in [0.717, 1.165) is 12.8 Å². The van der Waals surface area contributed by atoms with Gasteiger partial charge < -0.3 is 10.5 Å². The monoisotopic (exact) mass is 256 g/mol. The molecule has 0 bridgehead atoms. The summed E-state index contributed by atoms with van der Waals surface area (Å²) < 4.78 is 40.2. The molecule has 0 saturated heterocycles. The fraction of sp³-hybridized carbons (Fsp3) is 1.00. The molecule has 0 spiro atoms. The molecular formula is C11H23F3N2O. The largest absolute Gasteiger partial charge is 0.411 e. The summed E-state index contributed by atoms with van der Waals surface area (Å²) in [4.78, 5) is 2.09. The Balaban J connectivity index is 3.92. The number of alkyl halides is 3. The van der Waals surface area contributed by atoms with Crippen molar-refractivity contribution in [2.75, 3.05) is 32.8 Å². The predicted molar refractivity (Wildman–Crippen MR) is 61.9 cm³/mol. The molecule has 0 aromatic carbocycles. The second kappa shape index (κ2) is 8.72. The number of halogens is 3. The maximum Gasteiger partial charge on any atom is 0.411 e. The van der Waals surface area contributed by atoms with Crippen molar-refractivity contribution < 1.29 is 17.9 Å². The minimum Gasteiger partial charge on any atom is -0.371 e. The van der Waals surface area contributed by atoms with Crippen LogP contribution in [0.25, 0.3) is 0 Å². The first-order valence-corrected chi connectivity index (χ1v) is 6.03. The van der Waals surface area contributed by atoms with E-state index < -0.39 is 12.8 Å². The van der Waals surface area contributed by atoms with E-state index in [4.69, 9.17) is 5.73 Å². The molecule has 0 radical (unpaired) electrons. The molecule has 2 N–H and O–H groups in total. The van der Waals surface area contributed by atoms with Gasteiger partial charge in [0.1, 0.15) is 6.61 Å². The molecule has 0 aliphatic carbocycles. The number of hydrogen-bond donors (Lipinski definition) is 1. The van der Waals surface area contributed by atoms with Gasteiger partial charge in [0.25, 0.3) is 0 Å². The van der Waals surface area contributed by atoms with Gasteiger partial charge in [-0.3, -0.25) is 4.90 Å². The van der Waals surface area contributed by atoms with Crippen LogP contribution in [0.1, 0.15) is 26.7 Å². The van der Waals surface area contributed by atoms with Gasteiger partial charge in [0.05, 0.1) is 6.61 Å². The lowest BCUT2D eigenvalue weighted by molar-refractivity contribution is -0.174. The van der Waals surface area contributed by atoms with Gasteiger partial charge >= 0.3 is 6.18 Å². The fourth-order valence-electron chi connectivity index (χ4n) is 1.82. The molecule has 0 aliphatic rings. The van der Waals surface area contributed by atoms with E-state index in [9.17, 15) is 13.2 Å². The Labute approximate surface area is 101 Å². The van der Waals surface area contributed by atoms with Gasteiger partial charge in [0.15, 0.2) is 0 Å². The Morgan fingerprint density at radius 1 is 1.18 bits per heavy atom. The summed E-state index contributed by atoms with van der Waals surface area (Å²) >= 11 is 0. The highest BCUT2D eigenvalue weighted by Gasteiger charge is 2.27. The smallest absolute Gasteiger partial charge is 0.371 e. The molecule has 0 aromatic rings. The first-order valence-electron chi connectivity index (χ1n) is 6.03. The van der Waals surface area contributed by atoms with E-state index in [0.29, 0.717) is 25.7 Å². The number of nitrogens with two attached hydrogens (primary N) is 1. The Morgan fingerprint density at radius 2 is 1.76 bits per heavy atom. The van der Waals surface area contributed by atoms with Gasteiger partial charge in [-0.2, -0.15) is 13.2 Å². The van der Waals surface area contributed by atoms with Crippen LogP contribution in [0.15, 0.2) is 0 Å². The first kappa shape index (κ1) is 16.7. The summed E-state index contributed by atoms with van der Waals surface area (Å²) in [5, 5.41) is 0. The number of rotatable bonds is 9. The zero-order valence-electron chi connectivity index (χ0n) is 10.6. The second-order valence-electron chi connectivity index (χ2n) is 3.96. The fourth-order valence-corrected chi connectivity index (χ4v) is 1.82. The van der Waals surface area contributed by atoms with E-state index >= 15 is 0 Å². The molecule has 0 heterocycles. The molecule has 0 unspecified atom stereocenters. The van der Waals surface area contributed by atoms with Crippen LogP contribution in [-0.4, -0.2) is 50.0 Å². The number of hydrogen-bond acceptors (Lipinski definition) is 3. The molecular weight excluding hydrogens is 233 g/mol. The van der Waals surface area contributed by atoms with Gasteiger partial charge in [0, 0.05) is 25.7 Å². The van der Waals surface area contributed by atoms with E-state index in [2.05, 4.69) is 23.5 Å².